The molecule has 98 valence electrons. The van der Waals surface area contributed by atoms with Crippen LogP contribution in [0.15, 0.2) is 18.2 Å². The quantitative estimate of drug-likeness (QED) is 0.822. The summed E-state index contributed by atoms with van der Waals surface area (Å²) in [6.45, 7) is 1.95. The molecule has 18 heavy (non-hydrogen) atoms. The van der Waals surface area contributed by atoms with Crippen LogP contribution in [0.2, 0.25) is 0 Å². The normalized spacial score (nSPS) is 15.9. The molecule has 0 spiro atoms. The van der Waals surface area contributed by atoms with Gasteiger partial charge in [-0.2, -0.15) is 0 Å². The van der Waals surface area contributed by atoms with Gasteiger partial charge in [-0.3, -0.25) is 0 Å². The Balaban J connectivity index is 1.96. The first-order valence-corrected chi connectivity index (χ1v) is 6.41. The molecule has 1 aromatic rings. The minimum absolute atomic E-state index is 0.0378. The van der Waals surface area contributed by atoms with Gasteiger partial charge in [0.05, 0.1) is 13.2 Å². The van der Waals surface area contributed by atoms with Gasteiger partial charge in [-0.1, -0.05) is 6.07 Å². The Hall–Kier alpha value is -1.36. The molecule has 1 saturated carbocycles. The van der Waals surface area contributed by atoms with E-state index in [4.69, 9.17) is 17.0 Å². The van der Waals surface area contributed by atoms with Gasteiger partial charge in [0.25, 0.3) is 0 Å². The maximum Gasteiger partial charge on any atom is 0.166 e. The molecule has 1 aromatic carbocycles. The molecule has 3 nitrogen and oxygen atoms in total. The Morgan fingerprint density at radius 1 is 1.50 bits per heavy atom. The van der Waals surface area contributed by atoms with E-state index < -0.39 is 0 Å². The SMILES string of the molecule is COc1ccc([C@H](C)NC(=S)NC2CC2)cc1F. The third kappa shape index (κ3) is 3.32. The monoisotopic (exact) mass is 268 g/mol. The molecule has 1 atom stereocenters. The molecule has 0 bridgehead atoms. The van der Waals surface area contributed by atoms with Crippen LogP contribution in [-0.4, -0.2) is 18.3 Å². The van der Waals surface area contributed by atoms with Gasteiger partial charge in [-0.25, -0.2) is 4.39 Å². The van der Waals surface area contributed by atoms with E-state index in [1.807, 2.05) is 13.0 Å². The van der Waals surface area contributed by atoms with Crippen molar-refractivity contribution < 1.29 is 9.13 Å². The van der Waals surface area contributed by atoms with Crippen LogP contribution >= 0.6 is 12.2 Å². The summed E-state index contributed by atoms with van der Waals surface area (Å²) in [5.74, 6) is -0.102. The van der Waals surface area contributed by atoms with E-state index >= 15 is 0 Å². The predicted molar refractivity (Wildman–Crippen MR) is 73.3 cm³/mol. The van der Waals surface area contributed by atoms with E-state index in [1.165, 1.54) is 26.0 Å². The van der Waals surface area contributed by atoms with E-state index in [1.54, 1.807) is 6.07 Å². The smallest absolute Gasteiger partial charge is 0.166 e. The lowest BCUT2D eigenvalue weighted by molar-refractivity contribution is 0.386. The molecule has 0 radical (unpaired) electrons. The number of methoxy groups -OCH3 is 1. The van der Waals surface area contributed by atoms with Crippen molar-refractivity contribution in [3.63, 3.8) is 0 Å². The van der Waals surface area contributed by atoms with Gasteiger partial charge in [0, 0.05) is 6.04 Å². The number of nitrogens with one attached hydrogen (secondary N) is 2. The van der Waals surface area contributed by atoms with Crippen LogP contribution in [0.4, 0.5) is 4.39 Å². The lowest BCUT2D eigenvalue weighted by Gasteiger charge is -2.17. The number of hydrogen-bond donors (Lipinski definition) is 2. The van der Waals surface area contributed by atoms with Crippen LogP contribution < -0.4 is 15.4 Å². The van der Waals surface area contributed by atoms with Gasteiger partial charge < -0.3 is 15.4 Å². The first-order valence-electron chi connectivity index (χ1n) is 6.00. The zero-order valence-corrected chi connectivity index (χ0v) is 11.3. The zero-order chi connectivity index (χ0) is 13.1. The van der Waals surface area contributed by atoms with Gasteiger partial charge >= 0.3 is 0 Å². The molecular formula is C13H17FN2OS. The van der Waals surface area contributed by atoms with Crippen molar-refractivity contribution in [1.29, 1.82) is 0 Å². The molecule has 0 aromatic heterocycles. The molecule has 5 heteroatoms. The van der Waals surface area contributed by atoms with E-state index in [0.717, 1.165) is 5.56 Å². The Labute approximate surface area is 112 Å². The van der Waals surface area contributed by atoms with Crippen molar-refractivity contribution in [2.24, 2.45) is 0 Å². The van der Waals surface area contributed by atoms with Crippen molar-refractivity contribution >= 4 is 17.3 Å². The molecule has 2 rings (SSSR count). The van der Waals surface area contributed by atoms with Crippen molar-refractivity contribution in [2.45, 2.75) is 31.8 Å². The summed E-state index contributed by atoms with van der Waals surface area (Å²) < 4.78 is 18.5. The Morgan fingerprint density at radius 2 is 2.22 bits per heavy atom. The minimum atomic E-state index is -0.357. The fourth-order valence-corrected chi connectivity index (χ4v) is 2.03. The van der Waals surface area contributed by atoms with Crippen LogP contribution in [0.1, 0.15) is 31.4 Å². The van der Waals surface area contributed by atoms with Crippen molar-refractivity contribution in [1.82, 2.24) is 10.6 Å². The first kappa shape index (κ1) is 13.1. The standard InChI is InChI=1S/C13H17FN2OS/c1-8(15-13(18)16-10-4-5-10)9-3-6-12(17-2)11(14)7-9/h3,6-8,10H,4-5H2,1-2H3,(H2,15,16,18)/t8-/m0/s1. The highest BCUT2D eigenvalue weighted by Gasteiger charge is 2.22. The molecular weight excluding hydrogens is 251 g/mol. The van der Waals surface area contributed by atoms with E-state index in [-0.39, 0.29) is 17.6 Å². The van der Waals surface area contributed by atoms with Crippen LogP contribution in [0, 0.1) is 5.82 Å². The Bertz CT molecular complexity index is 449. The minimum Gasteiger partial charge on any atom is -0.494 e. The van der Waals surface area contributed by atoms with Gasteiger partial charge in [0.2, 0.25) is 0 Å². The van der Waals surface area contributed by atoms with Crippen LogP contribution in [-0.2, 0) is 0 Å². The Kier molecular flexibility index (Phi) is 4.01. The van der Waals surface area contributed by atoms with Crippen molar-refractivity contribution in [3.05, 3.63) is 29.6 Å². The maximum absolute atomic E-state index is 13.6. The Morgan fingerprint density at radius 3 is 2.78 bits per heavy atom. The fraction of sp³-hybridized carbons (Fsp3) is 0.462. The number of thiocarbonyl (C=S) groups is 1. The number of hydrogen-bond acceptors (Lipinski definition) is 2. The summed E-state index contributed by atoms with van der Waals surface area (Å²) in [5.41, 5.74) is 0.841. The molecule has 1 aliphatic rings. The van der Waals surface area contributed by atoms with Crippen LogP contribution in [0.5, 0.6) is 5.75 Å². The van der Waals surface area contributed by atoms with Gasteiger partial charge in [0.15, 0.2) is 16.7 Å². The second-order valence-corrected chi connectivity index (χ2v) is 4.92. The predicted octanol–water partition coefficient (Wildman–Crippen LogP) is 2.52. The highest BCUT2D eigenvalue weighted by atomic mass is 32.1. The van der Waals surface area contributed by atoms with Gasteiger partial charge in [0.1, 0.15) is 0 Å². The molecule has 0 amide bonds. The maximum atomic E-state index is 13.6. The lowest BCUT2D eigenvalue weighted by Crippen LogP contribution is -2.37. The van der Waals surface area contributed by atoms with Gasteiger partial charge in [-0.15, -0.1) is 0 Å². The van der Waals surface area contributed by atoms with Crippen molar-refractivity contribution in [2.75, 3.05) is 7.11 Å². The molecule has 1 aliphatic carbocycles. The third-order valence-corrected chi connectivity index (χ3v) is 3.17. The summed E-state index contributed by atoms with van der Waals surface area (Å²) in [5, 5.41) is 6.96. The average Bonchev–Trinajstić information content (AvgIpc) is 3.12. The summed E-state index contributed by atoms with van der Waals surface area (Å²) >= 11 is 5.19. The second-order valence-electron chi connectivity index (χ2n) is 4.51. The van der Waals surface area contributed by atoms with Crippen molar-refractivity contribution in [3.8, 4) is 5.75 Å². The van der Waals surface area contributed by atoms with Gasteiger partial charge in [-0.05, 0) is 49.7 Å². The topological polar surface area (TPSA) is 33.3 Å². The summed E-state index contributed by atoms with van der Waals surface area (Å²) in [6.07, 6.45) is 2.35. The third-order valence-electron chi connectivity index (χ3n) is 2.94. The summed E-state index contributed by atoms with van der Waals surface area (Å²) in [6, 6.07) is 5.41. The highest BCUT2D eigenvalue weighted by Crippen LogP contribution is 2.22. The molecule has 0 unspecified atom stereocenters. The molecule has 0 saturated heterocycles. The second kappa shape index (κ2) is 5.52. The summed E-state index contributed by atoms with van der Waals surface area (Å²) in [4.78, 5) is 0. The molecule has 0 heterocycles. The lowest BCUT2D eigenvalue weighted by atomic mass is 10.1. The van der Waals surface area contributed by atoms with Crippen LogP contribution in [0.25, 0.3) is 0 Å². The van der Waals surface area contributed by atoms with E-state index in [9.17, 15) is 4.39 Å². The fourth-order valence-electron chi connectivity index (χ4n) is 1.69. The van der Waals surface area contributed by atoms with Crippen LogP contribution in [0.3, 0.4) is 0 Å². The first-order chi connectivity index (χ1) is 8.60. The molecule has 2 N–H and O–H groups in total. The number of benzene rings is 1. The largest absolute Gasteiger partial charge is 0.494 e. The molecule has 0 aliphatic heterocycles. The average molecular weight is 268 g/mol. The number of halogens is 1. The number of ether oxygens (including phenoxy) is 1. The zero-order valence-electron chi connectivity index (χ0n) is 10.5. The van der Waals surface area contributed by atoms with E-state index in [0.29, 0.717) is 11.2 Å². The molecule has 1 fully saturated rings. The van der Waals surface area contributed by atoms with E-state index in [2.05, 4.69) is 10.6 Å². The summed E-state index contributed by atoms with van der Waals surface area (Å²) in [7, 11) is 1.45. The number of rotatable bonds is 4. The highest BCUT2D eigenvalue weighted by molar-refractivity contribution is 7.80.